The van der Waals surface area contributed by atoms with Crippen molar-refractivity contribution in [3.8, 4) is 0 Å². The first kappa shape index (κ1) is 15.7. The summed E-state index contributed by atoms with van der Waals surface area (Å²) in [5, 5.41) is 12.4. The van der Waals surface area contributed by atoms with Gasteiger partial charge in [-0.2, -0.15) is 0 Å². The Kier molecular flexibility index (Phi) is 5.25. The van der Waals surface area contributed by atoms with E-state index in [0.29, 0.717) is 11.3 Å². The summed E-state index contributed by atoms with van der Waals surface area (Å²) >= 11 is 0. The minimum Gasteiger partial charge on any atom is -0.478 e. The van der Waals surface area contributed by atoms with Gasteiger partial charge < -0.3 is 10.4 Å². The zero-order valence-electron chi connectivity index (χ0n) is 12.4. The van der Waals surface area contributed by atoms with Crippen molar-refractivity contribution in [2.75, 3.05) is 11.9 Å². The summed E-state index contributed by atoms with van der Waals surface area (Å²) in [5.41, 5.74) is 0.998. The number of aromatic carboxylic acids is 1. The molecule has 0 aliphatic rings. The van der Waals surface area contributed by atoms with E-state index in [9.17, 15) is 14.7 Å². The average Bonchev–Trinajstić information content (AvgIpc) is 2.55. The van der Waals surface area contributed by atoms with Gasteiger partial charge in [0, 0.05) is 24.0 Å². The molecule has 0 saturated heterocycles. The Balaban J connectivity index is 2.36. The van der Waals surface area contributed by atoms with Crippen LogP contribution in [-0.2, 0) is 0 Å². The van der Waals surface area contributed by atoms with Crippen LogP contribution >= 0.6 is 0 Å². The second-order valence-electron chi connectivity index (χ2n) is 4.86. The van der Waals surface area contributed by atoms with Gasteiger partial charge in [-0.15, -0.1) is 0 Å². The number of carbonyl (C=O) groups excluding carboxylic acids is 1. The van der Waals surface area contributed by atoms with Gasteiger partial charge in [0.2, 0.25) is 5.78 Å². The highest BCUT2D eigenvalue weighted by Crippen LogP contribution is 2.20. The lowest BCUT2D eigenvalue weighted by Gasteiger charge is -2.11. The number of pyridine rings is 1. The molecule has 0 amide bonds. The van der Waals surface area contributed by atoms with Gasteiger partial charge in [-0.25, -0.2) is 4.79 Å². The maximum absolute atomic E-state index is 12.7. The molecule has 2 N–H and O–H groups in total. The molecule has 2 rings (SSSR count). The van der Waals surface area contributed by atoms with Crippen LogP contribution in [0.1, 0.15) is 46.2 Å². The number of nitrogens with one attached hydrogen (secondary N) is 1. The van der Waals surface area contributed by atoms with Crippen LogP contribution in [0.3, 0.4) is 0 Å². The largest absolute Gasteiger partial charge is 0.478 e. The molecule has 0 aliphatic heterocycles. The molecule has 1 heterocycles. The quantitative estimate of drug-likeness (QED) is 0.606. The first-order valence-electron chi connectivity index (χ1n) is 7.21. The third-order valence-electron chi connectivity index (χ3n) is 3.27. The van der Waals surface area contributed by atoms with Crippen LogP contribution in [-0.4, -0.2) is 28.4 Å². The molecule has 1 aromatic carbocycles. The monoisotopic (exact) mass is 298 g/mol. The second-order valence-corrected chi connectivity index (χ2v) is 4.86. The first-order valence-corrected chi connectivity index (χ1v) is 7.21. The van der Waals surface area contributed by atoms with E-state index < -0.39 is 11.8 Å². The number of anilines is 1. The van der Waals surface area contributed by atoms with E-state index in [1.165, 1.54) is 18.3 Å². The number of carboxylic acid groups (broad SMARTS) is 1. The predicted octanol–water partition coefficient (Wildman–Crippen LogP) is 3.22. The van der Waals surface area contributed by atoms with E-state index in [-0.39, 0.29) is 11.3 Å². The maximum atomic E-state index is 12.7. The van der Waals surface area contributed by atoms with E-state index in [2.05, 4.69) is 17.2 Å². The zero-order valence-corrected chi connectivity index (χ0v) is 12.4. The molecule has 5 nitrogen and oxygen atoms in total. The summed E-state index contributed by atoms with van der Waals surface area (Å²) in [6.45, 7) is 2.85. The molecular formula is C17H18N2O3. The summed E-state index contributed by atoms with van der Waals surface area (Å²) in [5.74, 6) is -1.55. The fourth-order valence-electron chi connectivity index (χ4n) is 2.12. The topological polar surface area (TPSA) is 79.3 Å². The van der Waals surface area contributed by atoms with E-state index >= 15 is 0 Å². The van der Waals surface area contributed by atoms with Crippen molar-refractivity contribution in [1.82, 2.24) is 4.98 Å². The van der Waals surface area contributed by atoms with Crippen molar-refractivity contribution in [1.29, 1.82) is 0 Å². The number of aromatic nitrogens is 1. The van der Waals surface area contributed by atoms with Gasteiger partial charge in [0.25, 0.3) is 0 Å². The number of unbranched alkanes of at least 4 members (excludes halogenated alkanes) is 1. The maximum Gasteiger partial charge on any atom is 0.338 e. The van der Waals surface area contributed by atoms with Crippen molar-refractivity contribution in [3.63, 3.8) is 0 Å². The first-order chi connectivity index (χ1) is 10.6. The Hall–Kier alpha value is -2.69. The van der Waals surface area contributed by atoms with Crippen LogP contribution in [0.2, 0.25) is 0 Å². The van der Waals surface area contributed by atoms with Gasteiger partial charge in [-0.3, -0.25) is 9.78 Å². The molecule has 2 aromatic rings. The van der Waals surface area contributed by atoms with Crippen molar-refractivity contribution in [2.45, 2.75) is 19.8 Å². The molecule has 1 aromatic heterocycles. The molecule has 0 spiro atoms. The van der Waals surface area contributed by atoms with E-state index in [1.54, 1.807) is 12.1 Å². The van der Waals surface area contributed by atoms with Gasteiger partial charge in [0.1, 0.15) is 5.69 Å². The van der Waals surface area contributed by atoms with Crippen LogP contribution in [0.25, 0.3) is 0 Å². The lowest BCUT2D eigenvalue weighted by Crippen LogP contribution is -2.14. The summed E-state index contributed by atoms with van der Waals surface area (Å²) in [6, 6.07) is 9.97. The average molecular weight is 298 g/mol. The Morgan fingerprint density at radius 3 is 2.59 bits per heavy atom. The molecule has 0 unspecified atom stereocenters. The summed E-state index contributed by atoms with van der Waals surface area (Å²) < 4.78 is 0. The number of para-hydroxylation sites is 1. The van der Waals surface area contributed by atoms with E-state index in [4.69, 9.17) is 0 Å². The zero-order chi connectivity index (χ0) is 15.9. The van der Waals surface area contributed by atoms with Crippen molar-refractivity contribution in [2.24, 2.45) is 0 Å². The molecule has 0 bridgehead atoms. The van der Waals surface area contributed by atoms with Crippen molar-refractivity contribution in [3.05, 3.63) is 59.4 Å². The van der Waals surface area contributed by atoms with Crippen LogP contribution in [0.4, 0.5) is 5.69 Å². The van der Waals surface area contributed by atoms with Gasteiger partial charge in [0.05, 0.1) is 5.56 Å². The lowest BCUT2D eigenvalue weighted by atomic mass is 10.0. The minimum atomic E-state index is -1.16. The normalized spacial score (nSPS) is 10.2. The Bertz CT molecular complexity index is 683. The van der Waals surface area contributed by atoms with Crippen LogP contribution in [0.5, 0.6) is 0 Å². The second kappa shape index (κ2) is 7.36. The third kappa shape index (κ3) is 3.49. The van der Waals surface area contributed by atoms with E-state index in [1.807, 2.05) is 12.1 Å². The van der Waals surface area contributed by atoms with Crippen molar-refractivity contribution < 1.29 is 14.7 Å². The summed E-state index contributed by atoms with van der Waals surface area (Å²) in [6.07, 6.45) is 3.46. The minimum absolute atomic E-state index is 0.0419. The number of carbonyl (C=O) groups is 2. The van der Waals surface area contributed by atoms with Crippen molar-refractivity contribution >= 4 is 17.4 Å². The Morgan fingerprint density at radius 2 is 1.86 bits per heavy atom. The van der Waals surface area contributed by atoms with Gasteiger partial charge in [-0.1, -0.05) is 25.5 Å². The van der Waals surface area contributed by atoms with Gasteiger partial charge in [0.15, 0.2) is 0 Å². The van der Waals surface area contributed by atoms with Crippen LogP contribution in [0.15, 0.2) is 42.6 Å². The highest BCUT2D eigenvalue weighted by Gasteiger charge is 2.21. The molecule has 5 heteroatoms. The summed E-state index contributed by atoms with van der Waals surface area (Å²) in [7, 11) is 0. The van der Waals surface area contributed by atoms with Gasteiger partial charge in [-0.05, 0) is 30.7 Å². The highest BCUT2D eigenvalue weighted by molar-refractivity contribution is 6.15. The Labute approximate surface area is 129 Å². The fourth-order valence-corrected chi connectivity index (χ4v) is 2.12. The standard InChI is InChI=1S/C17H18N2O3/c1-2-3-10-18-14-9-5-4-7-12(14)16(20)15-13(17(21)22)8-6-11-19-15/h4-9,11,18H,2-3,10H2,1H3,(H,21,22). The number of carboxylic acids is 1. The highest BCUT2D eigenvalue weighted by atomic mass is 16.4. The molecule has 0 atom stereocenters. The molecule has 0 fully saturated rings. The molecular weight excluding hydrogens is 280 g/mol. The third-order valence-corrected chi connectivity index (χ3v) is 3.27. The number of nitrogens with zero attached hydrogens (tertiary/aromatic N) is 1. The van der Waals surface area contributed by atoms with Crippen LogP contribution < -0.4 is 5.32 Å². The number of rotatable bonds is 7. The smallest absolute Gasteiger partial charge is 0.338 e. The number of hydrogen-bond donors (Lipinski definition) is 2. The molecule has 0 radical (unpaired) electrons. The van der Waals surface area contributed by atoms with Crippen LogP contribution in [0, 0.1) is 0 Å². The SMILES string of the molecule is CCCCNc1ccccc1C(=O)c1ncccc1C(=O)O. The summed E-state index contributed by atoms with van der Waals surface area (Å²) in [4.78, 5) is 27.9. The predicted molar refractivity (Wildman–Crippen MR) is 84.5 cm³/mol. The van der Waals surface area contributed by atoms with Gasteiger partial charge >= 0.3 is 5.97 Å². The molecule has 0 aliphatic carbocycles. The molecule has 22 heavy (non-hydrogen) atoms. The molecule has 114 valence electrons. The molecule has 0 saturated carbocycles. The fraction of sp³-hybridized carbons (Fsp3) is 0.235. The number of benzene rings is 1. The lowest BCUT2D eigenvalue weighted by molar-refractivity contribution is 0.0692. The number of ketones is 1. The number of hydrogen-bond acceptors (Lipinski definition) is 4. The Morgan fingerprint density at radius 1 is 1.14 bits per heavy atom. The van der Waals surface area contributed by atoms with E-state index in [0.717, 1.165) is 19.4 Å².